The van der Waals surface area contributed by atoms with Gasteiger partial charge in [-0.05, 0) is 60.8 Å². The number of esters is 1. The summed E-state index contributed by atoms with van der Waals surface area (Å²) >= 11 is 0. The normalized spacial score (nSPS) is 27.7. The number of allylic oxidation sites excluding steroid dienone is 1. The lowest BCUT2D eigenvalue weighted by atomic mass is 9.80. The van der Waals surface area contributed by atoms with Crippen LogP contribution >= 0.6 is 0 Å². The van der Waals surface area contributed by atoms with Crippen molar-refractivity contribution in [2.24, 2.45) is 11.3 Å². The van der Waals surface area contributed by atoms with Crippen molar-refractivity contribution in [2.75, 3.05) is 0 Å². The van der Waals surface area contributed by atoms with Crippen molar-refractivity contribution in [2.45, 2.75) is 78.9 Å². The third-order valence-electron chi connectivity index (χ3n) is 3.83. The summed E-state index contributed by atoms with van der Waals surface area (Å²) in [5.41, 5.74) is -0.783. The van der Waals surface area contributed by atoms with E-state index in [1.54, 1.807) is 0 Å². The van der Waals surface area contributed by atoms with E-state index in [2.05, 4.69) is 5.32 Å². The van der Waals surface area contributed by atoms with Gasteiger partial charge in [0.05, 0.1) is 11.5 Å². The van der Waals surface area contributed by atoms with Crippen molar-refractivity contribution in [1.29, 1.82) is 0 Å². The third-order valence-corrected chi connectivity index (χ3v) is 3.83. The van der Waals surface area contributed by atoms with Crippen LogP contribution in [0.25, 0.3) is 0 Å². The van der Waals surface area contributed by atoms with Gasteiger partial charge in [-0.2, -0.15) is 0 Å². The van der Waals surface area contributed by atoms with Crippen LogP contribution in [0.2, 0.25) is 0 Å². The molecule has 126 valence electrons. The highest BCUT2D eigenvalue weighted by molar-refractivity contribution is 5.80. The fourth-order valence-electron chi connectivity index (χ4n) is 2.64. The average Bonchev–Trinajstić information content (AvgIpc) is 2.30. The topological polar surface area (TPSA) is 55.4 Å². The lowest BCUT2D eigenvalue weighted by molar-refractivity contribution is -0.156. The van der Waals surface area contributed by atoms with Crippen LogP contribution in [0.1, 0.15) is 67.2 Å². The summed E-state index contributed by atoms with van der Waals surface area (Å²) in [5.74, 6) is -0.0806. The van der Waals surface area contributed by atoms with Gasteiger partial charge >= 0.3 is 5.97 Å². The number of hydrogen-bond donors (Lipinski definition) is 1. The lowest BCUT2D eigenvalue weighted by Crippen LogP contribution is -2.44. The zero-order valence-electron chi connectivity index (χ0n) is 14.9. The molecule has 0 aromatic heterocycles. The van der Waals surface area contributed by atoms with E-state index in [0.717, 1.165) is 12.8 Å². The van der Waals surface area contributed by atoms with E-state index >= 15 is 0 Å². The van der Waals surface area contributed by atoms with Gasteiger partial charge in [0.15, 0.2) is 0 Å². The standard InChI is InChI=1S/C18H31NO3/c1-13(2)22-16(21)18(6)11-7-9-14(10-8-12-18)15(20)19-17(3,4)5/h7,11,13-14H,8-10,12H2,1-6H3,(H,19,20)/b11-7+. The molecule has 1 aliphatic carbocycles. The van der Waals surface area contributed by atoms with E-state index in [1.807, 2.05) is 53.7 Å². The van der Waals surface area contributed by atoms with Crippen LogP contribution in [0.4, 0.5) is 0 Å². The Labute approximate surface area is 134 Å². The van der Waals surface area contributed by atoms with Gasteiger partial charge in [0.25, 0.3) is 0 Å². The maximum Gasteiger partial charge on any atom is 0.315 e. The third kappa shape index (κ3) is 5.82. The smallest absolute Gasteiger partial charge is 0.315 e. The Morgan fingerprint density at radius 2 is 1.95 bits per heavy atom. The molecule has 1 amide bonds. The minimum Gasteiger partial charge on any atom is -0.462 e. The molecule has 0 bridgehead atoms. The van der Waals surface area contributed by atoms with E-state index in [0.29, 0.717) is 12.8 Å². The van der Waals surface area contributed by atoms with Gasteiger partial charge < -0.3 is 10.1 Å². The highest BCUT2D eigenvalue weighted by Gasteiger charge is 2.34. The summed E-state index contributed by atoms with van der Waals surface area (Å²) in [7, 11) is 0. The molecule has 0 saturated carbocycles. The van der Waals surface area contributed by atoms with Crippen molar-refractivity contribution in [1.82, 2.24) is 5.32 Å². The first kappa shape index (κ1) is 18.7. The minimum absolute atomic E-state index is 0.0128. The second-order valence-electron chi connectivity index (χ2n) is 7.84. The summed E-state index contributed by atoms with van der Waals surface area (Å²) in [5, 5.41) is 3.04. The first-order valence-electron chi connectivity index (χ1n) is 8.24. The molecular formula is C18H31NO3. The lowest BCUT2D eigenvalue weighted by Gasteiger charge is -2.29. The first-order valence-corrected chi connectivity index (χ1v) is 8.24. The van der Waals surface area contributed by atoms with E-state index in [9.17, 15) is 9.59 Å². The van der Waals surface area contributed by atoms with Gasteiger partial charge in [0.2, 0.25) is 5.91 Å². The van der Waals surface area contributed by atoms with Gasteiger partial charge in [-0.25, -0.2) is 0 Å². The summed E-state index contributed by atoms with van der Waals surface area (Å²) in [4.78, 5) is 24.5. The second-order valence-corrected chi connectivity index (χ2v) is 7.84. The summed E-state index contributed by atoms with van der Waals surface area (Å²) < 4.78 is 5.36. The molecule has 22 heavy (non-hydrogen) atoms. The second kappa shape index (κ2) is 7.30. The van der Waals surface area contributed by atoms with Gasteiger partial charge in [-0.3, -0.25) is 9.59 Å². The number of nitrogens with one attached hydrogen (secondary N) is 1. The van der Waals surface area contributed by atoms with Crippen molar-refractivity contribution >= 4 is 11.9 Å². The molecule has 0 radical (unpaired) electrons. The highest BCUT2D eigenvalue weighted by atomic mass is 16.5. The Hall–Kier alpha value is -1.32. The Bertz CT molecular complexity index is 434. The van der Waals surface area contributed by atoms with E-state index in [4.69, 9.17) is 4.74 Å². The molecule has 0 aliphatic heterocycles. The molecule has 2 atom stereocenters. The van der Waals surface area contributed by atoms with Crippen LogP contribution in [0.5, 0.6) is 0 Å². The summed E-state index contributed by atoms with van der Waals surface area (Å²) in [6, 6.07) is 0. The Kier molecular flexibility index (Phi) is 6.21. The fourth-order valence-corrected chi connectivity index (χ4v) is 2.64. The minimum atomic E-state index is -0.574. The van der Waals surface area contributed by atoms with Gasteiger partial charge in [0, 0.05) is 11.5 Å². The van der Waals surface area contributed by atoms with Gasteiger partial charge in [-0.15, -0.1) is 0 Å². The maximum atomic E-state index is 12.3. The van der Waals surface area contributed by atoms with Crippen LogP contribution in [0, 0.1) is 11.3 Å². The predicted molar refractivity (Wildman–Crippen MR) is 88.3 cm³/mol. The Morgan fingerprint density at radius 3 is 2.50 bits per heavy atom. The maximum absolute atomic E-state index is 12.3. The summed E-state index contributed by atoms with van der Waals surface area (Å²) in [6.07, 6.45) is 6.82. The molecule has 0 aromatic rings. The molecule has 1 N–H and O–H groups in total. The molecule has 2 unspecified atom stereocenters. The monoisotopic (exact) mass is 309 g/mol. The van der Waals surface area contributed by atoms with Crippen LogP contribution in [0.15, 0.2) is 12.2 Å². The van der Waals surface area contributed by atoms with E-state index in [-0.39, 0.29) is 29.4 Å². The predicted octanol–water partition coefficient (Wildman–Crippen LogP) is 3.61. The molecule has 4 nitrogen and oxygen atoms in total. The van der Waals surface area contributed by atoms with Crippen molar-refractivity contribution in [3.63, 3.8) is 0 Å². The van der Waals surface area contributed by atoms with Crippen LogP contribution in [-0.2, 0) is 14.3 Å². The zero-order valence-corrected chi connectivity index (χ0v) is 14.9. The molecule has 0 saturated heterocycles. The average molecular weight is 309 g/mol. The number of rotatable bonds is 3. The van der Waals surface area contributed by atoms with Crippen LogP contribution in [-0.4, -0.2) is 23.5 Å². The van der Waals surface area contributed by atoms with Crippen molar-refractivity contribution < 1.29 is 14.3 Å². The number of carbonyl (C=O) groups is 2. The van der Waals surface area contributed by atoms with E-state index < -0.39 is 5.41 Å². The Balaban J connectivity index is 2.71. The zero-order chi connectivity index (χ0) is 17.0. The molecule has 1 aliphatic rings. The van der Waals surface area contributed by atoms with Gasteiger partial charge in [-0.1, -0.05) is 18.6 Å². The van der Waals surface area contributed by atoms with Crippen molar-refractivity contribution in [3.8, 4) is 0 Å². The molecule has 1 rings (SSSR count). The SMILES string of the molecule is CC(C)OC(=O)C1(C)/C=C/CC(C(=O)NC(C)(C)C)CCC1. The molecule has 0 fully saturated rings. The molecule has 0 spiro atoms. The quantitative estimate of drug-likeness (QED) is 0.640. The van der Waals surface area contributed by atoms with Crippen LogP contribution < -0.4 is 5.32 Å². The molecule has 4 heteroatoms. The number of carbonyl (C=O) groups excluding carboxylic acids is 2. The first-order chi connectivity index (χ1) is 10.0. The number of ether oxygens (including phenoxy) is 1. The number of hydrogen-bond acceptors (Lipinski definition) is 3. The molecule has 0 aromatic carbocycles. The fraction of sp³-hybridized carbons (Fsp3) is 0.778. The number of amides is 1. The van der Waals surface area contributed by atoms with Crippen LogP contribution in [0.3, 0.4) is 0 Å². The van der Waals surface area contributed by atoms with E-state index in [1.165, 1.54) is 0 Å². The van der Waals surface area contributed by atoms with Crippen molar-refractivity contribution in [3.05, 3.63) is 12.2 Å². The largest absolute Gasteiger partial charge is 0.462 e. The molecule has 0 heterocycles. The van der Waals surface area contributed by atoms with Gasteiger partial charge in [0.1, 0.15) is 0 Å². The highest BCUT2D eigenvalue weighted by Crippen LogP contribution is 2.32. The Morgan fingerprint density at radius 1 is 1.32 bits per heavy atom. The molecular weight excluding hydrogens is 278 g/mol. The summed E-state index contributed by atoms with van der Waals surface area (Å²) in [6.45, 7) is 11.6.